The Balaban J connectivity index is 1.61. The van der Waals surface area contributed by atoms with Crippen molar-refractivity contribution in [1.82, 2.24) is 4.98 Å². The Bertz CT molecular complexity index is 767. The van der Waals surface area contributed by atoms with Gasteiger partial charge in [-0.05, 0) is 30.5 Å². The lowest BCUT2D eigenvalue weighted by Crippen LogP contribution is -2.22. The number of carbonyl (C=O) groups excluding carboxylic acids is 1. The first-order valence-electron chi connectivity index (χ1n) is 7.21. The monoisotopic (exact) mass is 277 g/mol. The van der Waals surface area contributed by atoms with Crippen molar-refractivity contribution in [3.05, 3.63) is 66.1 Å². The first-order valence-corrected chi connectivity index (χ1v) is 7.21. The lowest BCUT2D eigenvalue weighted by molar-refractivity contribution is -0.121. The van der Waals surface area contributed by atoms with Gasteiger partial charge in [0, 0.05) is 0 Å². The summed E-state index contributed by atoms with van der Waals surface area (Å²) in [7, 11) is 0. The van der Waals surface area contributed by atoms with Crippen LogP contribution in [0.3, 0.4) is 0 Å². The normalized spacial score (nSPS) is 16.0. The van der Waals surface area contributed by atoms with Crippen LogP contribution in [0.1, 0.15) is 24.3 Å². The van der Waals surface area contributed by atoms with Gasteiger partial charge in [-0.15, -0.1) is 0 Å². The molecule has 1 aromatic heterocycles. The fraction of sp³-hybridized carbons (Fsp3) is 0.222. The summed E-state index contributed by atoms with van der Waals surface area (Å²) in [5, 5.41) is 0. The second-order valence-electron chi connectivity index (χ2n) is 5.62. The second kappa shape index (κ2) is 4.55. The number of Topliss-reactive ketones (excluding diaryl/α,β-unsaturated/α-hetero) is 1. The third-order valence-electron chi connectivity index (χ3n) is 4.26. The average Bonchev–Trinajstić information content (AvgIpc) is 3.23. The van der Waals surface area contributed by atoms with E-state index < -0.39 is 0 Å². The van der Waals surface area contributed by atoms with Gasteiger partial charge in [0.25, 0.3) is 0 Å². The SMILES string of the molecule is O=C(Cc1nc2ccccc2o1)C1(c2ccccc2)CC1. The number of ketones is 1. The van der Waals surface area contributed by atoms with E-state index in [1.807, 2.05) is 54.6 Å². The summed E-state index contributed by atoms with van der Waals surface area (Å²) in [6.07, 6.45) is 2.12. The van der Waals surface area contributed by atoms with Gasteiger partial charge >= 0.3 is 0 Å². The lowest BCUT2D eigenvalue weighted by Gasteiger charge is -2.13. The Labute approximate surface area is 122 Å². The summed E-state index contributed by atoms with van der Waals surface area (Å²) in [5.41, 5.74) is 2.36. The van der Waals surface area contributed by atoms with Crippen molar-refractivity contribution in [2.24, 2.45) is 0 Å². The van der Waals surface area contributed by atoms with E-state index in [4.69, 9.17) is 4.42 Å². The summed E-state index contributed by atoms with van der Waals surface area (Å²) in [5.74, 6) is 0.726. The Hall–Kier alpha value is -2.42. The molecule has 1 fully saturated rings. The molecule has 0 bridgehead atoms. The van der Waals surface area contributed by atoms with Crippen molar-refractivity contribution in [2.45, 2.75) is 24.7 Å². The fourth-order valence-electron chi connectivity index (χ4n) is 2.91. The number of oxazole rings is 1. The van der Waals surface area contributed by atoms with Gasteiger partial charge in [0.05, 0.1) is 11.8 Å². The van der Waals surface area contributed by atoms with E-state index in [1.165, 1.54) is 0 Å². The summed E-state index contributed by atoms with van der Waals surface area (Å²) in [6, 6.07) is 17.6. The van der Waals surface area contributed by atoms with Crippen molar-refractivity contribution in [3.63, 3.8) is 0 Å². The molecule has 104 valence electrons. The molecule has 0 amide bonds. The third-order valence-corrected chi connectivity index (χ3v) is 4.26. The Morgan fingerprint density at radius 1 is 1.05 bits per heavy atom. The van der Waals surface area contributed by atoms with Gasteiger partial charge in [-0.2, -0.15) is 0 Å². The van der Waals surface area contributed by atoms with Crippen LogP contribution in [-0.4, -0.2) is 10.8 Å². The minimum atomic E-state index is -0.304. The highest BCUT2D eigenvalue weighted by Gasteiger charge is 2.50. The topological polar surface area (TPSA) is 43.1 Å². The van der Waals surface area contributed by atoms with E-state index in [0.717, 1.165) is 29.5 Å². The highest BCUT2D eigenvalue weighted by Crippen LogP contribution is 2.49. The van der Waals surface area contributed by atoms with Gasteiger partial charge < -0.3 is 4.42 Å². The maximum atomic E-state index is 12.7. The molecule has 1 aliphatic rings. The molecule has 0 saturated heterocycles. The Morgan fingerprint density at radius 2 is 1.76 bits per heavy atom. The first-order chi connectivity index (χ1) is 10.3. The molecular formula is C18H15NO2. The summed E-state index contributed by atoms with van der Waals surface area (Å²) in [6.45, 7) is 0. The molecule has 3 nitrogen and oxygen atoms in total. The summed E-state index contributed by atoms with van der Waals surface area (Å²) >= 11 is 0. The second-order valence-corrected chi connectivity index (χ2v) is 5.62. The number of rotatable bonds is 4. The van der Waals surface area contributed by atoms with Crippen molar-refractivity contribution in [2.75, 3.05) is 0 Å². The molecule has 1 saturated carbocycles. The van der Waals surface area contributed by atoms with Crippen LogP contribution in [-0.2, 0) is 16.6 Å². The molecule has 0 radical (unpaired) electrons. The third kappa shape index (κ3) is 2.05. The molecule has 0 unspecified atom stereocenters. The maximum absolute atomic E-state index is 12.7. The number of hydrogen-bond donors (Lipinski definition) is 0. The standard InChI is InChI=1S/C18H15NO2/c20-16(18(10-11-18)13-6-2-1-3-7-13)12-17-19-14-8-4-5-9-15(14)21-17/h1-9H,10-12H2. The van der Waals surface area contributed by atoms with Crippen molar-refractivity contribution in [3.8, 4) is 0 Å². The van der Waals surface area contributed by atoms with Crippen LogP contribution >= 0.6 is 0 Å². The molecule has 0 atom stereocenters. The summed E-state index contributed by atoms with van der Waals surface area (Å²) in [4.78, 5) is 17.1. The van der Waals surface area contributed by atoms with Crippen LogP contribution in [0.15, 0.2) is 59.0 Å². The van der Waals surface area contributed by atoms with Crippen LogP contribution < -0.4 is 0 Å². The van der Waals surface area contributed by atoms with Gasteiger partial charge in [-0.1, -0.05) is 42.5 Å². The van der Waals surface area contributed by atoms with Crippen molar-refractivity contribution >= 4 is 16.9 Å². The number of fused-ring (bicyclic) bond motifs is 1. The minimum Gasteiger partial charge on any atom is -0.440 e. The van der Waals surface area contributed by atoms with Crippen LogP contribution in [0, 0.1) is 0 Å². The number of aromatic nitrogens is 1. The first kappa shape index (κ1) is 12.3. The largest absolute Gasteiger partial charge is 0.440 e. The van der Waals surface area contributed by atoms with E-state index in [0.29, 0.717) is 5.89 Å². The van der Waals surface area contributed by atoms with Crippen molar-refractivity contribution < 1.29 is 9.21 Å². The van der Waals surface area contributed by atoms with Crippen molar-refractivity contribution in [1.29, 1.82) is 0 Å². The maximum Gasteiger partial charge on any atom is 0.202 e. The highest BCUT2D eigenvalue weighted by molar-refractivity contribution is 5.94. The smallest absolute Gasteiger partial charge is 0.202 e. The molecule has 0 spiro atoms. The molecule has 0 N–H and O–H groups in total. The highest BCUT2D eigenvalue weighted by atomic mass is 16.3. The van der Waals surface area contributed by atoms with E-state index in [-0.39, 0.29) is 17.6 Å². The fourth-order valence-corrected chi connectivity index (χ4v) is 2.91. The predicted octanol–water partition coefficient (Wildman–Crippen LogP) is 3.67. The zero-order chi connectivity index (χ0) is 14.3. The van der Waals surface area contributed by atoms with Crippen LogP contribution in [0.5, 0.6) is 0 Å². The van der Waals surface area contributed by atoms with E-state index >= 15 is 0 Å². The zero-order valence-electron chi connectivity index (χ0n) is 11.6. The molecule has 1 aliphatic carbocycles. The average molecular weight is 277 g/mol. The van der Waals surface area contributed by atoms with Crippen LogP contribution in [0.25, 0.3) is 11.1 Å². The van der Waals surface area contributed by atoms with Gasteiger partial charge in [0.1, 0.15) is 5.52 Å². The van der Waals surface area contributed by atoms with Gasteiger partial charge in [-0.25, -0.2) is 4.98 Å². The van der Waals surface area contributed by atoms with Gasteiger partial charge in [-0.3, -0.25) is 4.79 Å². The van der Waals surface area contributed by atoms with Gasteiger partial charge in [0.2, 0.25) is 5.89 Å². The molecule has 0 aliphatic heterocycles. The molecule has 1 heterocycles. The minimum absolute atomic E-state index is 0.209. The zero-order valence-corrected chi connectivity index (χ0v) is 11.6. The molecule has 2 aromatic carbocycles. The lowest BCUT2D eigenvalue weighted by atomic mass is 9.90. The Morgan fingerprint density at radius 3 is 2.48 bits per heavy atom. The van der Waals surface area contributed by atoms with Crippen LogP contribution in [0.2, 0.25) is 0 Å². The molecular weight excluding hydrogens is 262 g/mol. The van der Waals surface area contributed by atoms with Gasteiger partial charge in [0.15, 0.2) is 11.4 Å². The molecule has 4 rings (SSSR count). The van der Waals surface area contributed by atoms with E-state index in [2.05, 4.69) is 4.98 Å². The van der Waals surface area contributed by atoms with E-state index in [1.54, 1.807) is 0 Å². The van der Waals surface area contributed by atoms with Crippen LogP contribution in [0.4, 0.5) is 0 Å². The molecule has 3 aromatic rings. The summed E-state index contributed by atoms with van der Waals surface area (Å²) < 4.78 is 5.67. The predicted molar refractivity (Wildman–Crippen MR) is 80.1 cm³/mol. The number of carbonyl (C=O) groups is 1. The molecule has 21 heavy (non-hydrogen) atoms. The number of para-hydroxylation sites is 2. The number of benzene rings is 2. The molecule has 3 heteroatoms. The van der Waals surface area contributed by atoms with E-state index in [9.17, 15) is 4.79 Å². The Kier molecular flexibility index (Phi) is 2.67. The number of nitrogens with zero attached hydrogens (tertiary/aromatic N) is 1. The number of hydrogen-bond acceptors (Lipinski definition) is 3. The quantitative estimate of drug-likeness (QED) is 0.730.